The standard InChI is InChI=1S/C9H13N3O3/c13-8(14)9(1-3-15-4-2-9)5-12-6-10-11-7-12/h6-7H,1-5H2,(H,13,14). The molecule has 2 heterocycles. The van der Waals surface area contributed by atoms with E-state index in [2.05, 4.69) is 10.2 Å². The van der Waals surface area contributed by atoms with Crippen molar-refractivity contribution in [2.45, 2.75) is 19.4 Å². The van der Waals surface area contributed by atoms with E-state index in [1.165, 1.54) is 0 Å². The Labute approximate surface area is 86.9 Å². The number of nitrogens with zero attached hydrogens (tertiary/aromatic N) is 3. The fraction of sp³-hybridized carbons (Fsp3) is 0.667. The lowest BCUT2D eigenvalue weighted by atomic mass is 9.80. The fourth-order valence-corrected chi connectivity index (χ4v) is 1.85. The van der Waals surface area contributed by atoms with Crippen molar-refractivity contribution in [2.24, 2.45) is 5.41 Å². The number of carboxylic acid groups (broad SMARTS) is 1. The Morgan fingerprint density at radius 3 is 2.53 bits per heavy atom. The second-order valence-corrected chi connectivity index (χ2v) is 3.83. The average Bonchev–Trinajstić information content (AvgIpc) is 2.71. The van der Waals surface area contributed by atoms with Crippen LogP contribution in [-0.2, 0) is 16.1 Å². The monoisotopic (exact) mass is 211 g/mol. The van der Waals surface area contributed by atoms with E-state index in [1.54, 1.807) is 17.2 Å². The van der Waals surface area contributed by atoms with Crippen LogP contribution in [0.15, 0.2) is 12.7 Å². The molecule has 0 spiro atoms. The zero-order chi connectivity index (χ0) is 10.7. The summed E-state index contributed by atoms with van der Waals surface area (Å²) in [6.07, 6.45) is 4.17. The molecule has 1 saturated heterocycles. The Morgan fingerprint density at radius 2 is 2.00 bits per heavy atom. The summed E-state index contributed by atoms with van der Waals surface area (Å²) in [6, 6.07) is 0. The van der Waals surface area contributed by atoms with Gasteiger partial charge in [-0.1, -0.05) is 0 Å². The van der Waals surface area contributed by atoms with E-state index in [4.69, 9.17) is 4.74 Å². The maximum absolute atomic E-state index is 11.3. The lowest BCUT2D eigenvalue weighted by molar-refractivity contribution is -0.156. The van der Waals surface area contributed by atoms with Gasteiger partial charge in [-0.15, -0.1) is 10.2 Å². The Morgan fingerprint density at radius 1 is 1.40 bits per heavy atom. The van der Waals surface area contributed by atoms with Crippen molar-refractivity contribution in [3.63, 3.8) is 0 Å². The third-order valence-corrected chi connectivity index (χ3v) is 2.86. The number of carboxylic acids is 1. The van der Waals surface area contributed by atoms with Crippen molar-refractivity contribution >= 4 is 5.97 Å². The number of hydrogen-bond acceptors (Lipinski definition) is 4. The van der Waals surface area contributed by atoms with Crippen molar-refractivity contribution in [3.8, 4) is 0 Å². The van der Waals surface area contributed by atoms with E-state index in [-0.39, 0.29) is 0 Å². The van der Waals surface area contributed by atoms with E-state index in [1.807, 2.05) is 0 Å². The number of aliphatic carboxylic acids is 1. The van der Waals surface area contributed by atoms with Crippen molar-refractivity contribution in [2.75, 3.05) is 13.2 Å². The minimum atomic E-state index is -0.764. The second-order valence-electron chi connectivity index (χ2n) is 3.83. The van der Waals surface area contributed by atoms with E-state index in [0.29, 0.717) is 32.6 Å². The molecule has 0 unspecified atom stereocenters. The fourth-order valence-electron chi connectivity index (χ4n) is 1.85. The topological polar surface area (TPSA) is 77.2 Å². The van der Waals surface area contributed by atoms with Gasteiger partial charge < -0.3 is 14.4 Å². The van der Waals surface area contributed by atoms with Crippen LogP contribution >= 0.6 is 0 Å². The van der Waals surface area contributed by atoms with E-state index >= 15 is 0 Å². The molecule has 0 atom stereocenters. The van der Waals surface area contributed by atoms with Gasteiger partial charge in [0.1, 0.15) is 12.7 Å². The molecule has 6 nitrogen and oxygen atoms in total. The largest absolute Gasteiger partial charge is 0.481 e. The first-order valence-corrected chi connectivity index (χ1v) is 4.86. The molecule has 1 N–H and O–H groups in total. The van der Waals surface area contributed by atoms with Crippen LogP contribution in [0, 0.1) is 5.41 Å². The van der Waals surface area contributed by atoms with Crippen LogP contribution in [0.4, 0.5) is 0 Å². The predicted molar refractivity (Wildman–Crippen MR) is 50.1 cm³/mol. The summed E-state index contributed by atoms with van der Waals surface area (Å²) in [4.78, 5) is 11.3. The van der Waals surface area contributed by atoms with Gasteiger partial charge in [-0.25, -0.2) is 0 Å². The Bertz CT molecular complexity index is 330. The van der Waals surface area contributed by atoms with Gasteiger partial charge in [-0.2, -0.15) is 0 Å². The summed E-state index contributed by atoms with van der Waals surface area (Å²) in [5, 5.41) is 16.6. The highest BCUT2D eigenvalue weighted by Crippen LogP contribution is 2.32. The van der Waals surface area contributed by atoms with Gasteiger partial charge in [0.15, 0.2) is 0 Å². The average molecular weight is 211 g/mol. The molecule has 82 valence electrons. The maximum atomic E-state index is 11.3. The Hall–Kier alpha value is -1.43. The predicted octanol–water partition coefficient (Wildman–Crippen LogP) is 0.159. The number of aromatic nitrogens is 3. The minimum absolute atomic E-state index is 0.415. The van der Waals surface area contributed by atoms with Crippen molar-refractivity contribution in [1.82, 2.24) is 14.8 Å². The first-order valence-electron chi connectivity index (χ1n) is 4.86. The van der Waals surface area contributed by atoms with Crippen molar-refractivity contribution in [1.29, 1.82) is 0 Å². The molecule has 0 aliphatic carbocycles. The first kappa shape index (κ1) is 10.1. The highest BCUT2D eigenvalue weighted by molar-refractivity contribution is 5.74. The van der Waals surface area contributed by atoms with Gasteiger partial charge in [-0.3, -0.25) is 4.79 Å². The third-order valence-electron chi connectivity index (χ3n) is 2.86. The lowest BCUT2D eigenvalue weighted by Crippen LogP contribution is -2.40. The maximum Gasteiger partial charge on any atom is 0.311 e. The van der Waals surface area contributed by atoms with Crippen LogP contribution in [0.25, 0.3) is 0 Å². The minimum Gasteiger partial charge on any atom is -0.481 e. The zero-order valence-electron chi connectivity index (χ0n) is 8.30. The van der Waals surface area contributed by atoms with Gasteiger partial charge >= 0.3 is 5.97 Å². The van der Waals surface area contributed by atoms with Crippen molar-refractivity contribution < 1.29 is 14.6 Å². The lowest BCUT2D eigenvalue weighted by Gasteiger charge is -2.32. The summed E-state index contributed by atoms with van der Waals surface area (Å²) in [5.41, 5.74) is -0.722. The van der Waals surface area contributed by atoms with E-state index in [0.717, 1.165) is 0 Å². The summed E-state index contributed by atoms with van der Waals surface area (Å²) < 4.78 is 6.90. The van der Waals surface area contributed by atoms with Crippen molar-refractivity contribution in [3.05, 3.63) is 12.7 Å². The van der Waals surface area contributed by atoms with Crippen LogP contribution in [0.5, 0.6) is 0 Å². The molecule has 0 saturated carbocycles. The molecule has 15 heavy (non-hydrogen) atoms. The molecule has 1 aliphatic rings. The molecular weight excluding hydrogens is 198 g/mol. The Kier molecular flexibility index (Phi) is 2.68. The van der Waals surface area contributed by atoms with Crippen LogP contribution in [0.3, 0.4) is 0 Å². The van der Waals surface area contributed by atoms with Crippen LogP contribution < -0.4 is 0 Å². The number of rotatable bonds is 3. The van der Waals surface area contributed by atoms with Gasteiger partial charge in [-0.05, 0) is 12.8 Å². The highest BCUT2D eigenvalue weighted by Gasteiger charge is 2.40. The zero-order valence-corrected chi connectivity index (χ0v) is 8.30. The quantitative estimate of drug-likeness (QED) is 0.770. The van der Waals surface area contributed by atoms with Gasteiger partial charge in [0.2, 0.25) is 0 Å². The summed E-state index contributed by atoms with van der Waals surface area (Å²) in [5.74, 6) is -0.764. The summed E-state index contributed by atoms with van der Waals surface area (Å²) in [6.45, 7) is 1.43. The Balaban J connectivity index is 2.15. The number of hydrogen-bond donors (Lipinski definition) is 1. The molecular formula is C9H13N3O3. The van der Waals surface area contributed by atoms with Crippen LogP contribution in [0.1, 0.15) is 12.8 Å². The second kappa shape index (κ2) is 3.98. The van der Waals surface area contributed by atoms with Gasteiger partial charge in [0.25, 0.3) is 0 Å². The molecule has 0 amide bonds. The number of carbonyl (C=O) groups is 1. The smallest absolute Gasteiger partial charge is 0.311 e. The SMILES string of the molecule is O=C(O)C1(Cn2cnnc2)CCOCC1. The van der Waals surface area contributed by atoms with Gasteiger partial charge in [0, 0.05) is 19.8 Å². The normalized spacial score (nSPS) is 20.0. The van der Waals surface area contributed by atoms with E-state index < -0.39 is 11.4 Å². The van der Waals surface area contributed by atoms with Crippen LogP contribution in [0.2, 0.25) is 0 Å². The molecule has 0 bridgehead atoms. The molecule has 0 radical (unpaired) electrons. The van der Waals surface area contributed by atoms with E-state index in [9.17, 15) is 9.90 Å². The number of ether oxygens (including phenoxy) is 1. The highest BCUT2D eigenvalue weighted by atomic mass is 16.5. The van der Waals surface area contributed by atoms with Crippen LogP contribution in [-0.4, -0.2) is 39.1 Å². The molecule has 6 heteroatoms. The molecule has 1 aromatic rings. The molecule has 0 aromatic carbocycles. The third kappa shape index (κ3) is 1.99. The summed E-state index contributed by atoms with van der Waals surface area (Å²) in [7, 11) is 0. The molecule has 1 fully saturated rings. The summed E-state index contributed by atoms with van der Waals surface area (Å²) >= 11 is 0. The first-order chi connectivity index (χ1) is 7.23. The molecule has 1 aliphatic heterocycles. The molecule has 1 aromatic heterocycles. The van der Waals surface area contributed by atoms with Gasteiger partial charge in [0.05, 0.1) is 5.41 Å². The molecule has 2 rings (SSSR count).